The molecule has 472 valence electrons. The predicted octanol–water partition coefficient (Wildman–Crippen LogP) is 24.1. The molecule has 6 nitrogen and oxygen atoms in total. The summed E-state index contributed by atoms with van der Waals surface area (Å²) in [7, 11) is 0. The van der Waals surface area contributed by atoms with Crippen molar-refractivity contribution in [3.63, 3.8) is 0 Å². The molecule has 83 heavy (non-hydrogen) atoms. The first-order valence-corrected chi connectivity index (χ1v) is 34.7. The normalized spacial score (nSPS) is 13.0. The molecule has 1 atom stereocenters. The minimum Gasteiger partial charge on any atom is -0.462 e. The van der Waals surface area contributed by atoms with Gasteiger partial charge in [0.2, 0.25) is 0 Å². The van der Waals surface area contributed by atoms with Crippen molar-refractivity contribution in [2.24, 2.45) is 0 Å². The van der Waals surface area contributed by atoms with Gasteiger partial charge < -0.3 is 14.2 Å². The number of carbonyl (C=O) groups is 3. The van der Waals surface area contributed by atoms with Gasteiger partial charge in [-0.2, -0.15) is 0 Å². The molecule has 0 aliphatic heterocycles. The van der Waals surface area contributed by atoms with Crippen LogP contribution in [0.25, 0.3) is 0 Å². The molecule has 0 amide bonds. The topological polar surface area (TPSA) is 78.9 Å². The van der Waals surface area contributed by atoms with Crippen LogP contribution in [-0.2, 0) is 28.6 Å². The zero-order chi connectivity index (χ0) is 59.9. The Morgan fingerprint density at radius 1 is 0.253 bits per heavy atom. The highest BCUT2D eigenvalue weighted by Gasteiger charge is 2.19. The molecule has 0 N–H and O–H groups in total. The second-order valence-corrected chi connectivity index (χ2v) is 22.7. The van der Waals surface area contributed by atoms with Crippen LogP contribution in [0, 0.1) is 0 Å². The Labute approximate surface area is 513 Å². The van der Waals surface area contributed by atoms with Gasteiger partial charge in [0, 0.05) is 19.3 Å². The third-order valence-corrected chi connectivity index (χ3v) is 14.6. The molecular weight excluding hydrogens is 1020 g/mol. The first-order valence-electron chi connectivity index (χ1n) is 34.7. The predicted molar refractivity (Wildman–Crippen MR) is 362 cm³/mol. The lowest BCUT2D eigenvalue weighted by Gasteiger charge is -2.18. The van der Waals surface area contributed by atoms with Gasteiger partial charge in [-0.1, -0.05) is 309 Å². The van der Waals surface area contributed by atoms with Gasteiger partial charge in [-0.25, -0.2) is 0 Å². The third kappa shape index (κ3) is 68.2. The van der Waals surface area contributed by atoms with Crippen LogP contribution in [0.1, 0.15) is 316 Å². The molecule has 0 fully saturated rings. The zero-order valence-corrected chi connectivity index (χ0v) is 54.2. The highest BCUT2D eigenvalue weighted by molar-refractivity contribution is 5.71. The van der Waals surface area contributed by atoms with Crippen molar-refractivity contribution in [2.45, 2.75) is 322 Å². The van der Waals surface area contributed by atoms with Gasteiger partial charge in [-0.05, 0) is 122 Å². The molecule has 0 aromatic heterocycles. The van der Waals surface area contributed by atoms with Gasteiger partial charge in [0.25, 0.3) is 0 Å². The zero-order valence-electron chi connectivity index (χ0n) is 54.2. The van der Waals surface area contributed by atoms with E-state index in [0.717, 1.165) is 122 Å². The Balaban J connectivity index is 4.40. The number of rotatable bonds is 62. The van der Waals surface area contributed by atoms with Crippen LogP contribution < -0.4 is 0 Å². The molecule has 0 bridgehead atoms. The molecule has 6 heteroatoms. The molecule has 0 spiro atoms. The van der Waals surface area contributed by atoms with E-state index in [0.29, 0.717) is 25.7 Å². The summed E-state index contributed by atoms with van der Waals surface area (Å²) in [5, 5.41) is 0. The number of esters is 3. The monoisotopic (exact) mass is 1150 g/mol. The quantitative estimate of drug-likeness (QED) is 0.0261. The van der Waals surface area contributed by atoms with E-state index < -0.39 is 6.10 Å². The summed E-state index contributed by atoms with van der Waals surface area (Å²) in [6, 6.07) is 0. The smallest absolute Gasteiger partial charge is 0.306 e. The van der Waals surface area contributed by atoms with Crippen LogP contribution in [-0.4, -0.2) is 37.2 Å². The maximum Gasteiger partial charge on any atom is 0.306 e. The first-order chi connectivity index (χ1) is 41.0. The van der Waals surface area contributed by atoms with E-state index in [1.807, 2.05) is 0 Å². The molecule has 0 aliphatic carbocycles. The number of hydrogen-bond donors (Lipinski definition) is 0. The minimum atomic E-state index is -0.803. The van der Waals surface area contributed by atoms with Crippen LogP contribution in [0.2, 0.25) is 0 Å². The van der Waals surface area contributed by atoms with E-state index in [-0.39, 0.29) is 31.1 Å². The summed E-state index contributed by atoms with van der Waals surface area (Å²) in [4.78, 5) is 38.4. The molecule has 0 aliphatic rings. The van der Waals surface area contributed by atoms with E-state index in [4.69, 9.17) is 14.2 Å². The minimum absolute atomic E-state index is 0.0961. The van der Waals surface area contributed by atoms with Crippen LogP contribution in [0.15, 0.2) is 134 Å². The van der Waals surface area contributed by atoms with Crippen molar-refractivity contribution < 1.29 is 28.6 Å². The second-order valence-electron chi connectivity index (χ2n) is 22.7. The fourth-order valence-electron chi connectivity index (χ4n) is 9.47. The van der Waals surface area contributed by atoms with Crippen LogP contribution in [0.5, 0.6) is 0 Å². The molecule has 0 rings (SSSR count). The second kappa shape index (κ2) is 70.0. The maximum atomic E-state index is 12.9. The Kier molecular flexibility index (Phi) is 66.3. The highest BCUT2D eigenvalue weighted by Crippen LogP contribution is 2.16. The van der Waals surface area contributed by atoms with Crippen molar-refractivity contribution in [2.75, 3.05) is 13.2 Å². The molecule has 0 saturated heterocycles. The van der Waals surface area contributed by atoms with Gasteiger partial charge in [0.05, 0.1) is 0 Å². The summed E-state index contributed by atoms with van der Waals surface area (Å²) in [6.07, 6.45) is 99.0. The van der Waals surface area contributed by atoms with Crippen LogP contribution in [0.4, 0.5) is 0 Å². The summed E-state index contributed by atoms with van der Waals surface area (Å²) in [5.74, 6) is -0.940. The number of unbranched alkanes of at least 4 members (excludes halogenated alkanes) is 29. The summed E-state index contributed by atoms with van der Waals surface area (Å²) >= 11 is 0. The molecule has 0 radical (unpaired) electrons. The van der Waals surface area contributed by atoms with Crippen LogP contribution >= 0.6 is 0 Å². The number of allylic oxidation sites excluding steroid dienone is 22. The number of hydrogen-bond acceptors (Lipinski definition) is 6. The lowest BCUT2D eigenvalue weighted by molar-refractivity contribution is -0.167. The standard InChI is InChI=1S/C77H128O6/c1-4-7-10-13-16-19-22-25-28-30-31-32-33-34-35-36-37-38-39-40-41-42-43-44-45-47-49-52-55-58-61-64-67-70-76(79)82-73-74(72-81-75(78)69-66-63-60-57-54-51-48-27-24-21-18-15-12-9-6-3)83-77(80)71-68-65-62-59-56-53-50-46-29-26-23-20-17-14-11-8-5-2/h7,10,16,19,25,27-28,31-32,34-35,37-38,40-41,43-44,47-49,55,58,74H,4-6,8-9,11-15,17-18,20-24,26,29-30,33,36,39,42,45-46,50-54,56-57,59-73H2,1-3H3/b10-7-,19-16-,28-25-,32-31-,35-34-,38-37-,41-40-,44-43-,48-27-,49-47-,58-55-. The number of carbonyl (C=O) groups excluding carboxylic acids is 3. The molecule has 1 unspecified atom stereocenters. The fraction of sp³-hybridized carbons (Fsp3) is 0.675. The van der Waals surface area contributed by atoms with Gasteiger partial charge in [0.15, 0.2) is 6.10 Å². The SMILES string of the molecule is CC/C=C\C/C=C\C/C=C\C/C=C\C/C=C\C/C=C\C/C=C\C/C=C\C/C=C\C/C=C\CCCCC(=O)OCC(COC(=O)CCCCCCC/C=C\CCCCCCCC)OC(=O)CCCCCCCCCCCCCCCCCCC. The maximum absolute atomic E-state index is 12.9. The Bertz CT molecular complexity index is 1750. The summed E-state index contributed by atoms with van der Waals surface area (Å²) < 4.78 is 16.9. The molecule has 0 aromatic rings. The molecule has 0 heterocycles. The van der Waals surface area contributed by atoms with Crippen LogP contribution in [0.3, 0.4) is 0 Å². The van der Waals surface area contributed by atoms with Gasteiger partial charge in [-0.15, -0.1) is 0 Å². The molecular formula is C77H128O6. The number of ether oxygens (including phenoxy) is 3. The molecule has 0 saturated carbocycles. The fourth-order valence-corrected chi connectivity index (χ4v) is 9.47. The van der Waals surface area contributed by atoms with Gasteiger partial charge >= 0.3 is 17.9 Å². The molecule has 0 aromatic carbocycles. The van der Waals surface area contributed by atoms with Gasteiger partial charge in [-0.3, -0.25) is 14.4 Å². The average molecular weight is 1150 g/mol. The lowest BCUT2D eigenvalue weighted by atomic mass is 10.0. The Morgan fingerprint density at radius 2 is 0.470 bits per heavy atom. The van der Waals surface area contributed by atoms with E-state index in [1.165, 1.54) is 148 Å². The Morgan fingerprint density at radius 3 is 0.771 bits per heavy atom. The van der Waals surface area contributed by atoms with Crippen molar-refractivity contribution in [1.29, 1.82) is 0 Å². The first kappa shape index (κ1) is 78.5. The largest absolute Gasteiger partial charge is 0.462 e. The average Bonchev–Trinajstić information content (AvgIpc) is 3.49. The van der Waals surface area contributed by atoms with E-state index in [2.05, 4.69) is 154 Å². The van der Waals surface area contributed by atoms with Crippen molar-refractivity contribution in [3.05, 3.63) is 134 Å². The van der Waals surface area contributed by atoms with E-state index in [1.54, 1.807) is 0 Å². The summed E-state index contributed by atoms with van der Waals surface area (Å²) in [6.45, 7) is 6.51. The van der Waals surface area contributed by atoms with E-state index >= 15 is 0 Å². The van der Waals surface area contributed by atoms with Crippen molar-refractivity contribution in [3.8, 4) is 0 Å². The Hall–Kier alpha value is -4.45. The van der Waals surface area contributed by atoms with Crippen molar-refractivity contribution >= 4 is 17.9 Å². The van der Waals surface area contributed by atoms with E-state index in [9.17, 15) is 14.4 Å². The van der Waals surface area contributed by atoms with Crippen molar-refractivity contribution in [1.82, 2.24) is 0 Å². The van der Waals surface area contributed by atoms with Gasteiger partial charge in [0.1, 0.15) is 13.2 Å². The lowest BCUT2D eigenvalue weighted by Crippen LogP contribution is -2.30. The third-order valence-electron chi connectivity index (χ3n) is 14.6. The summed E-state index contributed by atoms with van der Waals surface area (Å²) in [5.41, 5.74) is 0. The highest BCUT2D eigenvalue weighted by atomic mass is 16.6.